The lowest BCUT2D eigenvalue weighted by Crippen LogP contribution is -2.01. The number of unbranched alkanes of at least 4 members (excludes halogenated alkanes) is 4. The van der Waals surface area contributed by atoms with E-state index in [0.29, 0.717) is 0 Å². The van der Waals surface area contributed by atoms with Gasteiger partial charge in [-0.25, -0.2) is 0 Å². The van der Waals surface area contributed by atoms with Crippen LogP contribution in [-0.2, 0) is 6.42 Å². The third-order valence-electron chi connectivity index (χ3n) is 3.11. The molecule has 1 aromatic rings. The number of anilines is 1. The van der Waals surface area contributed by atoms with Crippen LogP contribution in [0.15, 0.2) is 24.3 Å². The molecule has 0 aliphatic heterocycles. The SMILES string of the molecule is CCCCCNc1cccc(CCCCC)c1. The Morgan fingerprint density at radius 2 is 1.71 bits per heavy atom. The third-order valence-corrected chi connectivity index (χ3v) is 3.11. The molecular weight excluding hydrogens is 206 g/mol. The van der Waals surface area contributed by atoms with E-state index < -0.39 is 0 Å². The molecule has 17 heavy (non-hydrogen) atoms. The Bertz CT molecular complexity index is 293. The van der Waals surface area contributed by atoms with E-state index in [1.165, 1.54) is 56.2 Å². The molecular formula is C16H27N. The molecule has 0 amide bonds. The van der Waals surface area contributed by atoms with Crippen LogP contribution in [0.25, 0.3) is 0 Å². The van der Waals surface area contributed by atoms with E-state index in [2.05, 4.69) is 43.4 Å². The van der Waals surface area contributed by atoms with Crippen molar-refractivity contribution < 1.29 is 0 Å². The van der Waals surface area contributed by atoms with Gasteiger partial charge in [0.05, 0.1) is 0 Å². The van der Waals surface area contributed by atoms with Crippen LogP contribution < -0.4 is 5.32 Å². The minimum Gasteiger partial charge on any atom is -0.385 e. The first-order valence-electron chi connectivity index (χ1n) is 7.19. The summed E-state index contributed by atoms with van der Waals surface area (Å²) in [5.74, 6) is 0. The van der Waals surface area contributed by atoms with Crippen LogP contribution in [0, 0.1) is 0 Å². The van der Waals surface area contributed by atoms with Crippen molar-refractivity contribution >= 4 is 5.69 Å². The smallest absolute Gasteiger partial charge is 0.0342 e. The monoisotopic (exact) mass is 233 g/mol. The molecule has 0 heterocycles. The summed E-state index contributed by atoms with van der Waals surface area (Å²) in [6.07, 6.45) is 9.07. The standard InChI is InChI=1S/C16H27N/c1-3-5-7-10-15-11-9-12-16(14-15)17-13-8-6-4-2/h9,11-12,14,17H,3-8,10,13H2,1-2H3. The van der Waals surface area contributed by atoms with E-state index in [0.717, 1.165) is 6.54 Å². The summed E-state index contributed by atoms with van der Waals surface area (Å²) in [4.78, 5) is 0. The molecule has 0 unspecified atom stereocenters. The van der Waals surface area contributed by atoms with Gasteiger partial charge in [-0.1, -0.05) is 51.7 Å². The molecule has 0 radical (unpaired) electrons. The Hall–Kier alpha value is -0.980. The molecule has 0 fully saturated rings. The van der Waals surface area contributed by atoms with Gasteiger partial charge in [-0.05, 0) is 37.0 Å². The van der Waals surface area contributed by atoms with Crippen LogP contribution in [0.4, 0.5) is 5.69 Å². The topological polar surface area (TPSA) is 12.0 Å². The number of hydrogen-bond donors (Lipinski definition) is 1. The lowest BCUT2D eigenvalue weighted by molar-refractivity contribution is 0.717. The van der Waals surface area contributed by atoms with Crippen molar-refractivity contribution in [3.63, 3.8) is 0 Å². The van der Waals surface area contributed by atoms with Crippen LogP contribution >= 0.6 is 0 Å². The second-order valence-electron chi connectivity index (χ2n) is 4.79. The fourth-order valence-corrected chi connectivity index (χ4v) is 2.02. The predicted octanol–water partition coefficient (Wildman–Crippen LogP) is 5.02. The van der Waals surface area contributed by atoms with Crippen LogP contribution in [0.1, 0.15) is 57.9 Å². The normalized spacial score (nSPS) is 10.5. The molecule has 1 nitrogen and oxygen atoms in total. The average molecular weight is 233 g/mol. The number of rotatable bonds is 9. The lowest BCUT2D eigenvalue weighted by Gasteiger charge is -2.08. The van der Waals surface area contributed by atoms with E-state index in [9.17, 15) is 0 Å². The first-order chi connectivity index (χ1) is 8.36. The van der Waals surface area contributed by atoms with Crippen molar-refractivity contribution in [2.45, 2.75) is 58.8 Å². The van der Waals surface area contributed by atoms with Crippen molar-refractivity contribution in [1.82, 2.24) is 0 Å². The summed E-state index contributed by atoms with van der Waals surface area (Å²) in [5, 5.41) is 3.51. The zero-order chi connectivity index (χ0) is 12.3. The number of benzene rings is 1. The van der Waals surface area contributed by atoms with Gasteiger partial charge in [0.25, 0.3) is 0 Å². The van der Waals surface area contributed by atoms with Crippen molar-refractivity contribution in [2.75, 3.05) is 11.9 Å². The molecule has 1 rings (SSSR count). The van der Waals surface area contributed by atoms with E-state index in [1.54, 1.807) is 0 Å². The molecule has 1 heteroatoms. The predicted molar refractivity (Wildman–Crippen MR) is 77.7 cm³/mol. The molecule has 0 aromatic heterocycles. The highest BCUT2D eigenvalue weighted by molar-refractivity contribution is 5.45. The fraction of sp³-hybridized carbons (Fsp3) is 0.625. The van der Waals surface area contributed by atoms with Gasteiger partial charge in [-0.2, -0.15) is 0 Å². The van der Waals surface area contributed by atoms with E-state index in [4.69, 9.17) is 0 Å². The molecule has 0 bridgehead atoms. The highest BCUT2D eigenvalue weighted by Crippen LogP contribution is 2.13. The third kappa shape index (κ3) is 6.35. The van der Waals surface area contributed by atoms with Gasteiger partial charge in [-0.15, -0.1) is 0 Å². The number of hydrogen-bond acceptors (Lipinski definition) is 1. The number of nitrogens with one attached hydrogen (secondary N) is 1. The van der Waals surface area contributed by atoms with Gasteiger partial charge in [0.2, 0.25) is 0 Å². The van der Waals surface area contributed by atoms with Crippen LogP contribution in [0.3, 0.4) is 0 Å². The summed E-state index contributed by atoms with van der Waals surface area (Å²) >= 11 is 0. The largest absolute Gasteiger partial charge is 0.385 e. The minimum atomic E-state index is 1.10. The zero-order valence-electron chi connectivity index (χ0n) is 11.5. The average Bonchev–Trinajstić information content (AvgIpc) is 2.36. The molecule has 0 spiro atoms. The van der Waals surface area contributed by atoms with E-state index in [-0.39, 0.29) is 0 Å². The van der Waals surface area contributed by atoms with Crippen molar-refractivity contribution in [3.05, 3.63) is 29.8 Å². The van der Waals surface area contributed by atoms with Crippen LogP contribution in [0.5, 0.6) is 0 Å². The van der Waals surface area contributed by atoms with Gasteiger partial charge in [-0.3, -0.25) is 0 Å². The Balaban J connectivity index is 2.31. The molecule has 1 aromatic carbocycles. The summed E-state index contributed by atoms with van der Waals surface area (Å²) in [6, 6.07) is 8.90. The molecule has 1 N–H and O–H groups in total. The van der Waals surface area contributed by atoms with Crippen molar-refractivity contribution in [2.24, 2.45) is 0 Å². The molecule has 0 saturated heterocycles. The Morgan fingerprint density at radius 3 is 2.47 bits per heavy atom. The summed E-state index contributed by atoms with van der Waals surface area (Å²) < 4.78 is 0. The zero-order valence-corrected chi connectivity index (χ0v) is 11.5. The van der Waals surface area contributed by atoms with Gasteiger partial charge >= 0.3 is 0 Å². The molecule has 0 saturated carbocycles. The fourth-order valence-electron chi connectivity index (χ4n) is 2.02. The van der Waals surface area contributed by atoms with Gasteiger partial charge < -0.3 is 5.32 Å². The minimum absolute atomic E-state index is 1.10. The second kappa shape index (κ2) is 9.09. The van der Waals surface area contributed by atoms with E-state index >= 15 is 0 Å². The highest BCUT2D eigenvalue weighted by atomic mass is 14.9. The van der Waals surface area contributed by atoms with E-state index in [1.807, 2.05) is 0 Å². The first kappa shape index (κ1) is 14.1. The summed E-state index contributed by atoms with van der Waals surface area (Å²) in [6.45, 7) is 5.60. The van der Waals surface area contributed by atoms with Crippen LogP contribution in [-0.4, -0.2) is 6.54 Å². The summed E-state index contributed by atoms with van der Waals surface area (Å²) in [7, 11) is 0. The van der Waals surface area contributed by atoms with Gasteiger partial charge in [0.15, 0.2) is 0 Å². The maximum atomic E-state index is 3.51. The quantitative estimate of drug-likeness (QED) is 0.590. The summed E-state index contributed by atoms with van der Waals surface area (Å²) in [5.41, 5.74) is 2.76. The molecule has 0 aliphatic carbocycles. The molecule has 0 atom stereocenters. The van der Waals surface area contributed by atoms with Crippen molar-refractivity contribution in [3.8, 4) is 0 Å². The Morgan fingerprint density at radius 1 is 0.941 bits per heavy atom. The maximum absolute atomic E-state index is 3.51. The molecule has 0 aliphatic rings. The van der Waals surface area contributed by atoms with Gasteiger partial charge in [0, 0.05) is 12.2 Å². The lowest BCUT2D eigenvalue weighted by atomic mass is 10.1. The Labute approximate surface area is 107 Å². The second-order valence-corrected chi connectivity index (χ2v) is 4.79. The van der Waals surface area contributed by atoms with Crippen LogP contribution in [0.2, 0.25) is 0 Å². The highest BCUT2D eigenvalue weighted by Gasteiger charge is 1.96. The molecule has 96 valence electrons. The van der Waals surface area contributed by atoms with Gasteiger partial charge in [0.1, 0.15) is 0 Å². The first-order valence-corrected chi connectivity index (χ1v) is 7.19. The maximum Gasteiger partial charge on any atom is 0.0342 e. The number of aryl methyl sites for hydroxylation is 1. The Kier molecular flexibility index (Phi) is 7.53. The van der Waals surface area contributed by atoms with Crippen molar-refractivity contribution in [1.29, 1.82) is 0 Å².